The summed E-state index contributed by atoms with van der Waals surface area (Å²) in [5.74, 6) is 1.06. The fraction of sp³-hybridized carbons (Fsp3) is 0.273. The van der Waals surface area contributed by atoms with Gasteiger partial charge in [-0.25, -0.2) is 0 Å². The average molecular weight is 439 g/mol. The Balaban J connectivity index is 1.59. The molecule has 2 aromatic carbocycles. The fourth-order valence-electron chi connectivity index (χ4n) is 4.91. The summed E-state index contributed by atoms with van der Waals surface area (Å²) in [6.07, 6.45) is 0.381. The van der Waals surface area contributed by atoms with Gasteiger partial charge in [0.1, 0.15) is 6.04 Å². The quantitative estimate of drug-likeness (QED) is 0.664. The summed E-state index contributed by atoms with van der Waals surface area (Å²) in [6, 6.07) is 9.82. The van der Waals surface area contributed by atoms with E-state index in [2.05, 4.69) is 4.98 Å². The minimum Gasteiger partial charge on any atom is -0.454 e. The van der Waals surface area contributed by atoms with Crippen LogP contribution in [0.25, 0.3) is 10.9 Å². The Morgan fingerprint density at radius 2 is 1.97 bits per heavy atom. The zero-order chi connectivity index (χ0) is 21.3. The van der Waals surface area contributed by atoms with Gasteiger partial charge in [0, 0.05) is 35.0 Å². The lowest BCUT2D eigenvalue weighted by Crippen LogP contribution is -2.62. The molecule has 1 saturated heterocycles. The van der Waals surface area contributed by atoms with Crippen molar-refractivity contribution < 1.29 is 22.9 Å². The van der Waals surface area contributed by atoms with Crippen molar-refractivity contribution in [3.8, 4) is 11.5 Å². The number of aromatic amines is 1. The number of nitrogens with one attached hydrogen (secondary N) is 1. The van der Waals surface area contributed by atoms with Gasteiger partial charge in [-0.15, -0.1) is 0 Å². The molecule has 1 aromatic heterocycles. The molecule has 1 N–H and O–H groups in total. The number of carbonyl (C=O) groups excluding carboxylic acids is 2. The average Bonchev–Trinajstić information content (AvgIpc) is 3.39. The van der Waals surface area contributed by atoms with E-state index in [-0.39, 0.29) is 37.3 Å². The van der Waals surface area contributed by atoms with Crippen molar-refractivity contribution in [3.63, 3.8) is 0 Å². The molecule has 2 atom stereocenters. The number of piperazine rings is 1. The first-order valence-corrected chi connectivity index (χ1v) is 10.7. The number of H-pyrrole nitrogens is 1. The van der Waals surface area contributed by atoms with E-state index in [0.29, 0.717) is 22.8 Å². The van der Waals surface area contributed by atoms with Crippen LogP contribution in [0.3, 0.4) is 0 Å². The number of hydrogen-bond donors (Lipinski definition) is 1. The lowest BCUT2D eigenvalue weighted by atomic mass is 9.86. The Kier molecular flexibility index (Phi) is 3.98. The highest BCUT2D eigenvalue weighted by Gasteiger charge is 2.47. The van der Waals surface area contributed by atoms with Crippen LogP contribution in [0.2, 0.25) is 0 Å². The van der Waals surface area contributed by atoms with E-state index in [9.17, 15) is 13.5 Å². The topological polar surface area (TPSA) is 74.9 Å². The van der Waals surface area contributed by atoms with Gasteiger partial charge in [0.15, 0.2) is 11.5 Å². The number of amides is 2. The van der Waals surface area contributed by atoms with Gasteiger partial charge in [-0.1, -0.05) is 6.07 Å². The Bertz CT molecular complexity index is 1260. The van der Waals surface area contributed by atoms with E-state index in [0.717, 1.165) is 27.7 Å². The van der Waals surface area contributed by atoms with E-state index in [1.54, 1.807) is 24.1 Å². The summed E-state index contributed by atoms with van der Waals surface area (Å²) < 4.78 is 24.2. The van der Waals surface area contributed by atoms with Crippen LogP contribution < -0.4 is 9.47 Å². The maximum Gasteiger partial charge on any atom is 0.245 e. The standard InChI is InChI=1S/C22H18FN3O4S/c1-25-9-19(27)26-16(22(25)28)8-14-13-7-12(31-23)3-4-15(13)24-20(14)21(26)11-2-5-17-18(6-11)30-10-29-17/h2-7,16,21,24H,8-10H2,1H3/t16-,21-/m1/s1. The van der Waals surface area contributed by atoms with Gasteiger partial charge in [-0.3, -0.25) is 9.59 Å². The molecule has 2 amide bonds. The molecule has 0 saturated carbocycles. The number of hydrogen-bond acceptors (Lipinski definition) is 5. The SMILES string of the molecule is CN1CC(=O)N2[C@H](c3ccc4c(c3)OCO4)c3[nH]c4ccc(SF)cc4c3C[C@@H]2C1=O. The molecule has 158 valence electrons. The number of aromatic nitrogens is 1. The first kappa shape index (κ1) is 18.6. The minimum absolute atomic E-state index is 0.0363. The predicted molar refractivity (Wildman–Crippen MR) is 112 cm³/mol. The molecule has 7 nitrogen and oxygen atoms in total. The second kappa shape index (κ2) is 6.65. The lowest BCUT2D eigenvalue weighted by molar-refractivity contribution is -0.157. The van der Waals surface area contributed by atoms with Crippen molar-refractivity contribution in [1.82, 2.24) is 14.8 Å². The molecule has 0 spiro atoms. The molecule has 3 aliphatic rings. The molecule has 0 unspecified atom stereocenters. The summed E-state index contributed by atoms with van der Waals surface area (Å²) in [6.45, 7) is 0.188. The molecule has 6 rings (SSSR count). The van der Waals surface area contributed by atoms with Crippen LogP contribution in [0.5, 0.6) is 11.5 Å². The summed E-state index contributed by atoms with van der Waals surface area (Å²) >= 11 is 0.188. The smallest absolute Gasteiger partial charge is 0.245 e. The van der Waals surface area contributed by atoms with Crippen LogP contribution in [0.15, 0.2) is 41.3 Å². The van der Waals surface area contributed by atoms with Crippen LogP contribution in [-0.2, 0) is 16.0 Å². The van der Waals surface area contributed by atoms with Gasteiger partial charge in [0.2, 0.25) is 18.6 Å². The zero-order valence-corrected chi connectivity index (χ0v) is 17.4. The number of benzene rings is 2. The van der Waals surface area contributed by atoms with Gasteiger partial charge in [0.05, 0.1) is 24.7 Å². The molecule has 0 aliphatic carbocycles. The van der Waals surface area contributed by atoms with Crippen LogP contribution in [0, 0.1) is 0 Å². The number of likely N-dealkylation sites (N-methyl/N-ethyl adjacent to an activating group) is 1. The number of carbonyl (C=O) groups is 2. The number of ether oxygens (including phenoxy) is 2. The predicted octanol–water partition coefficient (Wildman–Crippen LogP) is 3.19. The van der Waals surface area contributed by atoms with E-state index in [1.807, 2.05) is 24.3 Å². The second-order valence-corrected chi connectivity index (χ2v) is 8.66. The third-order valence-corrected chi connectivity index (χ3v) is 6.75. The van der Waals surface area contributed by atoms with Gasteiger partial charge in [-0.05, 0) is 41.5 Å². The number of halogens is 1. The third kappa shape index (κ3) is 2.65. The zero-order valence-electron chi connectivity index (χ0n) is 16.6. The summed E-state index contributed by atoms with van der Waals surface area (Å²) in [4.78, 5) is 33.3. The summed E-state index contributed by atoms with van der Waals surface area (Å²) in [5.41, 5.74) is 3.46. The number of fused-ring (bicyclic) bond motifs is 5. The molecule has 9 heteroatoms. The van der Waals surface area contributed by atoms with E-state index in [4.69, 9.17) is 9.47 Å². The highest BCUT2D eigenvalue weighted by molar-refractivity contribution is 7.94. The van der Waals surface area contributed by atoms with Crippen LogP contribution in [-0.4, -0.2) is 53.0 Å². The molecular weight excluding hydrogens is 421 g/mol. The van der Waals surface area contributed by atoms with Gasteiger partial charge < -0.3 is 24.3 Å². The first-order chi connectivity index (χ1) is 15.0. The van der Waals surface area contributed by atoms with Gasteiger partial charge in [-0.2, -0.15) is 3.89 Å². The highest BCUT2D eigenvalue weighted by Crippen LogP contribution is 2.45. The molecule has 4 heterocycles. The normalized spacial score (nSPS) is 22.1. The Morgan fingerprint density at radius 1 is 1.13 bits per heavy atom. The van der Waals surface area contributed by atoms with Gasteiger partial charge in [0.25, 0.3) is 0 Å². The monoisotopic (exact) mass is 439 g/mol. The number of rotatable bonds is 2. The summed E-state index contributed by atoms with van der Waals surface area (Å²) in [5, 5.41) is 0.872. The highest BCUT2D eigenvalue weighted by atomic mass is 32.2. The van der Waals surface area contributed by atoms with Crippen LogP contribution in [0.1, 0.15) is 22.9 Å². The lowest BCUT2D eigenvalue weighted by Gasteiger charge is -2.46. The maximum absolute atomic E-state index is 13.3. The molecule has 3 aliphatic heterocycles. The Labute approximate surface area is 181 Å². The Morgan fingerprint density at radius 3 is 2.81 bits per heavy atom. The van der Waals surface area contributed by atoms with Crippen molar-refractivity contribution in [2.75, 3.05) is 20.4 Å². The van der Waals surface area contributed by atoms with E-state index < -0.39 is 12.1 Å². The molecule has 3 aromatic rings. The fourth-order valence-corrected chi connectivity index (χ4v) is 5.19. The maximum atomic E-state index is 13.3. The van der Waals surface area contributed by atoms with Crippen molar-refractivity contribution in [2.45, 2.75) is 23.4 Å². The van der Waals surface area contributed by atoms with Gasteiger partial charge >= 0.3 is 0 Å². The summed E-state index contributed by atoms with van der Waals surface area (Å²) in [7, 11) is 1.65. The van der Waals surface area contributed by atoms with E-state index >= 15 is 0 Å². The number of nitrogens with zero attached hydrogens (tertiary/aromatic N) is 2. The third-order valence-electron chi connectivity index (χ3n) is 6.32. The molecule has 1 fully saturated rings. The molecule has 31 heavy (non-hydrogen) atoms. The van der Waals surface area contributed by atoms with Crippen LogP contribution >= 0.6 is 12.1 Å². The molecule has 0 radical (unpaired) electrons. The van der Waals surface area contributed by atoms with Crippen LogP contribution in [0.4, 0.5) is 3.89 Å². The van der Waals surface area contributed by atoms with Crippen molar-refractivity contribution in [3.05, 3.63) is 53.2 Å². The van der Waals surface area contributed by atoms with Crippen molar-refractivity contribution in [1.29, 1.82) is 0 Å². The second-order valence-electron chi connectivity index (χ2n) is 8.03. The first-order valence-electron chi connectivity index (χ1n) is 9.94. The van der Waals surface area contributed by atoms with E-state index in [1.165, 1.54) is 4.90 Å². The largest absolute Gasteiger partial charge is 0.454 e. The molecule has 0 bridgehead atoms. The Hall–Kier alpha value is -3.20. The van der Waals surface area contributed by atoms with Crippen molar-refractivity contribution >= 4 is 34.9 Å². The minimum atomic E-state index is -0.616. The van der Waals surface area contributed by atoms with Crippen molar-refractivity contribution in [2.24, 2.45) is 0 Å². The molecular formula is C22H18FN3O4S.